The summed E-state index contributed by atoms with van der Waals surface area (Å²) < 4.78 is -1.86. The molecule has 10 heteroatoms. The van der Waals surface area contributed by atoms with Gasteiger partial charge in [-0.1, -0.05) is 53.0 Å². The van der Waals surface area contributed by atoms with E-state index in [1.165, 1.54) is 6.92 Å². The number of hydrogen-bond donors (Lipinski definition) is 4. The summed E-state index contributed by atoms with van der Waals surface area (Å²) in [6.07, 6.45) is -1.08. The van der Waals surface area contributed by atoms with E-state index in [0.717, 1.165) is 0 Å². The van der Waals surface area contributed by atoms with E-state index in [2.05, 4.69) is 21.3 Å². The van der Waals surface area contributed by atoms with Crippen LogP contribution in [0.3, 0.4) is 0 Å². The second-order valence-electron chi connectivity index (χ2n) is 5.67. The maximum Gasteiger partial charge on any atom is 0.252 e. The molecule has 28 heavy (non-hydrogen) atoms. The number of rotatable bonds is 5. The Morgan fingerprint density at radius 2 is 1.43 bits per heavy atom. The van der Waals surface area contributed by atoms with Crippen LogP contribution in [0.5, 0.6) is 0 Å². The molecule has 0 aliphatic heterocycles. The number of carbonyl (C=O) groups excluding carboxylic acids is 2. The molecule has 2 aromatic carbocycles. The Morgan fingerprint density at radius 3 is 1.93 bits per heavy atom. The minimum absolute atomic E-state index is 0.136. The maximum atomic E-state index is 12.3. The van der Waals surface area contributed by atoms with Gasteiger partial charge >= 0.3 is 0 Å². The molecule has 0 aromatic heterocycles. The van der Waals surface area contributed by atoms with Crippen LogP contribution in [0.2, 0.25) is 0 Å². The maximum absolute atomic E-state index is 12.3. The number of nitrogens with one attached hydrogen (secondary N) is 4. The smallest absolute Gasteiger partial charge is 0.252 e. The average molecular weight is 460 g/mol. The topological polar surface area (TPSA) is 82.3 Å². The monoisotopic (exact) mass is 458 g/mol. The summed E-state index contributed by atoms with van der Waals surface area (Å²) in [6, 6.07) is 15.4. The van der Waals surface area contributed by atoms with Crippen molar-refractivity contribution in [1.29, 1.82) is 0 Å². The van der Waals surface area contributed by atoms with Gasteiger partial charge in [-0.2, -0.15) is 0 Å². The minimum atomic E-state index is -1.86. The third kappa shape index (κ3) is 7.16. The van der Waals surface area contributed by atoms with Crippen molar-refractivity contribution in [3.8, 4) is 0 Å². The highest BCUT2D eigenvalue weighted by atomic mass is 35.6. The largest absolute Gasteiger partial charge is 0.339 e. The Kier molecular flexibility index (Phi) is 7.88. The van der Waals surface area contributed by atoms with E-state index < -0.39 is 15.9 Å². The highest BCUT2D eigenvalue weighted by Gasteiger charge is 2.34. The Bertz CT molecular complexity index is 842. The molecule has 0 saturated carbocycles. The molecule has 0 fully saturated rings. The van der Waals surface area contributed by atoms with E-state index in [9.17, 15) is 9.59 Å². The molecule has 2 rings (SSSR count). The molecule has 148 valence electrons. The highest BCUT2D eigenvalue weighted by Crippen LogP contribution is 2.29. The summed E-state index contributed by atoms with van der Waals surface area (Å²) in [5, 5.41) is 11.1. The van der Waals surface area contributed by atoms with Crippen molar-refractivity contribution >= 4 is 75.3 Å². The lowest BCUT2D eigenvalue weighted by Gasteiger charge is -2.27. The molecular formula is C18H17Cl3N4O2S. The molecule has 0 saturated heterocycles. The third-order valence-corrected chi connectivity index (χ3v) is 4.25. The molecule has 0 heterocycles. The van der Waals surface area contributed by atoms with Crippen LogP contribution in [0, 0.1) is 0 Å². The second kappa shape index (κ2) is 9.93. The molecule has 0 radical (unpaired) electrons. The summed E-state index contributed by atoms with van der Waals surface area (Å²) in [4.78, 5) is 23.4. The quantitative estimate of drug-likeness (QED) is 0.308. The first-order valence-electron chi connectivity index (χ1n) is 8.03. The van der Waals surface area contributed by atoms with Gasteiger partial charge in [0.15, 0.2) is 5.11 Å². The fourth-order valence-electron chi connectivity index (χ4n) is 2.14. The van der Waals surface area contributed by atoms with Crippen molar-refractivity contribution in [2.45, 2.75) is 16.9 Å². The van der Waals surface area contributed by atoms with Crippen LogP contribution in [-0.2, 0) is 4.79 Å². The predicted octanol–water partition coefficient (Wildman–Crippen LogP) is 4.06. The van der Waals surface area contributed by atoms with Gasteiger partial charge < -0.3 is 21.3 Å². The first kappa shape index (κ1) is 22.2. The lowest BCUT2D eigenvalue weighted by atomic mass is 10.2. The van der Waals surface area contributed by atoms with Gasteiger partial charge in [0.2, 0.25) is 9.70 Å². The SMILES string of the molecule is CC(=O)Nc1ccc(NC(=S)N[C@@H](NC(=O)c2ccccc2)C(Cl)(Cl)Cl)cc1. The van der Waals surface area contributed by atoms with E-state index in [1.54, 1.807) is 54.6 Å². The molecule has 2 aromatic rings. The van der Waals surface area contributed by atoms with Crippen LogP contribution in [0.15, 0.2) is 54.6 Å². The second-order valence-corrected chi connectivity index (χ2v) is 8.45. The standard InChI is InChI=1S/C18H17Cl3N4O2S/c1-11(26)22-13-7-9-14(10-8-13)23-17(28)25-16(18(19,20)21)24-15(27)12-5-3-2-4-6-12/h2-10,16H,1H3,(H,22,26)(H,24,27)(H2,23,25,28)/t16-/m1/s1. The first-order chi connectivity index (χ1) is 13.1. The van der Waals surface area contributed by atoms with E-state index in [1.807, 2.05) is 0 Å². The van der Waals surface area contributed by atoms with Crippen molar-refractivity contribution in [3.05, 3.63) is 60.2 Å². The zero-order chi connectivity index (χ0) is 20.7. The van der Waals surface area contributed by atoms with Crippen molar-refractivity contribution in [2.75, 3.05) is 10.6 Å². The van der Waals surface area contributed by atoms with Gasteiger partial charge in [0.25, 0.3) is 5.91 Å². The van der Waals surface area contributed by atoms with E-state index in [-0.39, 0.29) is 11.0 Å². The normalized spacial score (nSPS) is 11.9. The summed E-state index contributed by atoms with van der Waals surface area (Å²) in [6.45, 7) is 1.42. The Balaban J connectivity index is 2.01. The molecule has 0 aliphatic rings. The molecular weight excluding hydrogens is 443 g/mol. The molecule has 1 atom stereocenters. The Labute approximate surface area is 182 Å². The predicted molar refractivity (Wildman–Crippen MR) is 118 cm³/mol. The number of halogens is 3. The lowest BCUT2D eigenvalue weighted by molar-refractivity contribution is -0.114. The molecule has 0 bridgehead atoms. The van der Waals surface area contributed by atoms with Crippen molar-refractivity contribution < 1.29 is 9.59 Å². The van der Waals surface area contributed by atoms with Crippen molar-refractivity contribution in [1.82, 2.24) is 10.6 Å². The Morgan fingerprint density at radius 1 is 0.893 bits per heavy atom. The average Bonchev–Trinajstić information content (AvgIpc) is 2.62. The first-order valence-corrected chi connectivity index (χ1v) is 9.57. The molecule has 6 nitrogen and oxygen atoms in total. The fourth-order valence-corrected chi connectivity index (χ4v) is 2.71. The summed E-state index contributed by atoms with van der Waals surface area (Å²) in [5.74, 6) is -0.593. The number of benzene rings is 2. The number of hydrogen-bond acceptors (Lipinski definition) is 3. The fraction of sp³-hybridized carbons (Fsp3) is 0.167. The van der Waals surface area contributed by atoms with Gasteiger partial charge in [0.05, 0.1) is 0 Å². The van der Waals surface area contributed by atoms with E-state index in [4.69, 9.17) is 47.0 Å². The zero-order valence-electron chi connectivity index (χ0n) is 14.6. The van der Waals surface area contributed by atoms with Crippen LogP contribution >= 0.6 is 47.0 Å². The van der Waals surface area contributed by atoms with Gasteiger partial charge in [-0.15, -0.1) is 0 Å². The van der Waals surface area contributed by atoms with Gasteiger partial charge in [-0.3, -0.25) is 9.59 Å². The molecule has 2 amide bonds. The van der Waals surface area contributed by atoms with Crippen molar-refractivity contribution in [2.24, 2.45) is 0 Å². The lowest BCUT2D eigenvalue weighted by Crippen LogP contribution is -2.56. The number of amides is 2. The summed E-state index contributed by atoms with van der Waals surface area (Å²) in [5.41, 5.74) is 1.70. The van der Waals surface area contributed by atoms with E-state index >= 15 is 0 Å². The molecule has 0 aliphatic carbocycles. The number of anilines is 2. The van der Waals surface area contributed by atoms with Gasteiger partial charge in [-0.05, 0) is 48.6 Å². The van der Waals surface area contributed by atoms with E-state index in [0.29, 0.717) is 16.9 Å². The van der Waals surface area contributed by atoms with Gasteiger partial charge in [0, 0.05) is 23.9 Å². The molecule has 0 unspecified atom stereocenters. The van der Waals surface area contributed by atoms with Gasteiger partial charge in [0.1, 0.15) is 6.17 Å². The number of alkyl halides is 3. The zero-order valence-corrected chi connectivity index (χ0v) is 17.7. The molecule has 0 spiro atoms. The van der Waals surface area contributed by atoms with Crippen LogP contribution < -0.4 is 21.3 Å². The van der Waals surface area contributed by atoms with Crippen molar-refractivity contribution in [3.63, 3.8) is 0 Å². The summed E-state index contributed by atoms with van der Waals surface area (Å²) >= 11 is 23.2. The van der Waals surface area contributed by atoms with Crippen LogP contribution in [0.25, 0.3) is 0 Å². The molecule has 4 N–H and O–H groups in total. The van der Waals surface area contributed by atoms with Gasteiger partial charge in [-0.25, -0.2) is 0 Å². The van der Waals surface area contributed by atoms with Crippen LogP contribution in [0.1, 0.15) is 17.3 Å². The third-order valence-electron chi connectivity index (χ3n) is 3.38. The Hall–Kier alpha value is -2.06. The number of carbonyl (C=O) groups is 2. The highest BCUT2D eigenvalue weighted by molar-refractivity contribution is 7.80. The van der Waals surface area contributed by atoms with Crippen LogP contribution in [-0.4, -0.2) is 26.9 Å². The van der Waals surface area contributed by atoms with Crippen LogP contribution in [0.4, 0.5) is 11.4 Å². The minimum Gasteiger partial charge on any atom is -0.339 e. The number of thiocarbonyl (C=S) groups is 1. The summed E-state index contributed by atoms with van der Waals surface area (Å²) in [7, 11) is 0.